The van der Waals surface area contributed by atoms with E-state index >= 15 is 0 Å². The average Bonchev–Trinajstić information content (AvgIpc) is 3.04. The van der Waals surface area contributed by atoms with Crippen LogP contribution in [0.3, 0.4) is 0 Å². The third-order valence-electron chi connectivity index (χ3n) is 4.92. The maximum atomic E-state index is 12.5. The van der Waals surface area contributed by atoms with Crippen LogP contribution < -0.4 is 16.4 Å². The van der Waals surface area contributed by atoms with Crippen LogP contribution in [0.1, 0.15) is 36.9 Å². The minimum atomic E-state index is -0.256. The number of rotatable bonds is 0. The zero-order valence-corrected chi connectivity index (χ0v) is 15.0. The molecule has 26 heavy (non-hydrogen) atoms. The molecule has 2 aromatic rings. The molecule has 1 aliphatic carbocycles. The van der Waals surface area contributed by atoms with Crippen LogP contribution in [0.4, 0.5) is 5.82 Å². The van der Waals surface area contributed by atoms with Crippen LogP contribution in [0.25, 0.3) is 11.2 Å². The zero-order chi connectivity index (χ0) is 18.1. The summed E-state index contributed by atoms with van der Waals surface area (Å²) in [4.78, 5) is 17.0. The summed E-state index contributed by atoms with van der Waals surface area (Å²) < 4.78 is 1.84. The van der Waals surface area contributed by atoms with E-state index in [0.717, 1.165) is 54.1 Å². The number of nitrogens with two attached hydrogens (primary N) is 1. The lowest BCUT2D eigenvalue weighted by atomic mass is 9.92. The van der Waals surface area contributed by atoms with E-state index in [9.17, 15) is 4.79 Å². The molecule has 1 atom stereocenters. The molecule has 1 aliphatic heterocycles. The van der Waals surface area contributed by atoms with Gasteiger partial charge in [0.15, 0.2) is 5.65 Å². The van der Waals surface area contributed by atoms with E-state index in [1.165, 1.54) is 0 Å². The molecule has 0 saturated carbocycles. The van der Waals surface area contributed by atoms with Gasteiger partial charge in [0, 0.05) is 30.8 Å². The average molecular weight is 352 g/mol. The van der Waals surface area contributed by atoms with Gasteiger partial charge in [-0.1, -0.05) is 6.08 Å². The van der Waals surface area contributed by atoms with Gasteiger partial charge in [-0.25, -0.2) is 9.50 Å². The molecule has 1 unspecified atom stereocenters. The summed E-state index contributed by atoms with van der Waals surface area (Å²) >= 11 is 0. The molecule has 0 saturated heterocycles. The van der Waals surface area contributed by atoms with Gasteiger partial charge in [0.1, 0.15) is 5.82 Å². The van der Waals surface area contributed by atoms with Crippen LogP contribution in [0.15, 0.2) is 30.1 Å². The number of aryl methyl sites for hydroxylation is 1. The van der Waals surface area contributed by atoms with Crippen LogP contribution in [0.2, 0.25) is 0 Å². The Hall–Kier alpha value is -2.83. The predicted molar refractivity (Wildman–Crippen MR) is 101 cm³/mol. The van der Waals surface area contributed by atoms with Crippen molar-refractivity contribution < 1.29 is 4.79 Å². The Morgan fingerprint density at radius 1 is 1.23 bits per heavy atom. The lowest BCUT2D eigenvalue weighted by Gasteiger charge is -2.19. The van der Waals surface area contributed by atoms with Crippen LogP contribution in [-0.4, -0.2) is 33.6 Å². The van der Waals surface area contributed by atoms with Crippen molar-refractivity contribution in [1.29, 1.82) is 0 Å². The number of fused-ring (bicyclic) bond motifs is 3. The molecule has 0 radical (unpaired) electrons. The fraction of sp³-hybridized carbons (Fsp3) is 0.421. The minimum absolute atomic E-state index is 0.0326. The van der Waals surface area contributed by atoms with Crippen molar-refractivity contribution >= 4 is 22.9 Å². The second-order valence-corrected chi connectivity index (χ2v) is 7.02. The number of hydrogen-bond acceptors (Lipinski definition) is 5. The first-order chi connectivity index (χ1) is 12.6. The fourth-order valence-electron chi connectivity index (χ4n) is 3.56. The first-order valence-corrected chi connectivity index (χ1v) is 9.17. The molecule has 4 rings (SSSR count). The standard InChI is InChI=1S/C19H24N6O/c1-12-7-17-21-5-3-2-4-6-22-19(26)14-8-13(9-15(20)10-14)16-11-23-18(12)25(16)24-17/h7-9,11,14H,2-6,10,20H2,1H3,(H,21,24)(H,22,26). The second kappa shape index (κ2) is 6.82. The Kier molecular flexibility index (Phi) is 4.36. The molecule has 4 bridgehead atoms. The zero-order valence-electron chi connectivity index (χ0n) is 15.0. The van der Waals surface area contributed by atoms with E-state index in [-0.39, 0.29) is 11.8 Å². The van der Waals surface area contributed by atoms with Crippen LogP contribution >= 0.6 is 0 Å². The summed E-state index contributed by atoms with van der Waals surface area (Å²) in [6.45, 7) is 3.58. The lowest BCUT2D eigenvalue weighted by Crippen LogP contribution is -2.32. The van der Waals surface area contributed by atoms with Gasteiger partial charge in [-0.2, -0.15) is 0 Å². The normalized spacial score (nSPS) is 21.3. The number of anilines is 1. The van der Waals surface area contributed by atoms with E-state index in [1.807, 2.05) is 29.7 Å². The van der Waals surface area contributed by atoms with E-state index in [2.05, 4.69) is 15.6 Å². The number of hydrogen-bond donors (Lipinski definition) is 3. The Morgan fingerprint density at radius 2 is 2.04 bits per heavy atom. The van der Waals surface area contributed by atoms with Gasteiger partial charge in [-0.3, -0.25) is 4.79 Å². The first kappa shape index (κ1) is 16.6. The summed E-state index contributed by atoms with van der Waals surface area (Å²) in [7, 11) is 0. The van der Waals surface area contributed by atoms with Gasteiger partial charge >= 0.3 is 0 Å². The van der Waals surface area contributed by atoms with Crippen LogP contribution in [0.5, 0.6) is 0 Å². The molecular weight excluding hydrogens is 328 g/mol. The quantitative estimate of drug-likeness (QED) is 0.674. The van der Waals surface area contributed by atoms with Crippen molar-refractivity contribution in [2.75, 3.05) is 18.4 Å². The summed E-state index contributed by atoms with van der Waals surface area (Å²) in [5.41, 5.74) is 10.4. The number of allylic oxidation sites excluding steroid dienone is 3. The maximum absolute atomic E-state index is 12.5. The van der Waals surface area contributed by atoms with Gasteiger partial charge in [0.05, 0.1) is 17.8 Å². The Morgan fingerprint density at radius 3 is 2.88 bits per heavy atom. The summed E-state index contributed by atoms with van der Waals surface area (Å²) in [6.07, 6.45) is 9.30. The fourth-order valence-corrected chi connectivity index (χ4v) is 3.56. The van der Waals surface area contributed by atoms with Gasteiger partial charge in [0.25, 0.3) is 0 Å². The maximum Gasteiger partial charge on any atom is 0.227 e. The largest absolute Gasteiger partial charge is 0.402 e. The highest BCUT2D eigenvalue weighted by Gasteiger charge is 2.23. The van der Waals surface area contributed by atoms with Crippen molar-refractivity contribution in [3.05, 3.63) is 41.4 Å². The third kappa shape index (κ3) is 3.16. The highest BCUT2D eigenvalue weighted by Crippen LogP contribution is 2.28. The third-order valence-corrected chi connectivity index (χ3v) is 4.92. The van der Waals surface area contributed by atoms with Gasteiger partial charge in [0.2, 0.25) is 5.91 Å². The van der Waals surface area contributed by atoms with Crippen LogP contribution in [0, 0.1) is 12.8 Å². The monoisotopic (exact) mass is 352 g/mol. The van der Waals surface area contributed by atoms with E-state index in [1.54, 1.807) is 6.20 Å². The molecule has 7 nitrogen and oxygen atoms in total. The molecule has 4 N–H and O–H groups in total. The highest BCUT2D eigenvalue weighted by molar-refractivity contribution is 5.86. The lowest BCUT2D eigenvalue weighted by molar-refractivity contribution is -0.123. The number of aromatic nitrogens is 3. The Balaban J connectivity index is 1.82. The number of carbonyl (C=O) groups excluding carboxylic acids is 1. The molecular formula is C19H24N6O. The summed E-state index contributed by atoms with van der Waals surface area (Å²) in [6, 6.07) is 2.03. The van der Waals surface area contributed by atoms with E-state index < -0.39 is 0 Å². The molecule has 0 fully saturated rings. The number of nitrogens with one attached hydrogen (secondary N) is 2. The molecule has 136 valence electrons. The van der Waals surface area contributed by atoms with Crippen molar-refractivity contribution in [2.24, 2.45) is 11.7 Å². The molecule has 2 aromatic heterocycles. The van der Waals surface area contributed by atoms with E-state index in [4.69, 9.17) is 10.8 Å². The summed E-state index contributed by atoms with van der Waals surface area (Å²) in [5, 5.41) is 11.1. The molecule has 7 heteroatoms. The van der Waals surface area contributed by atoms with Crippen LogP contribution in [-0.2, 0) is 4.79 Å². The SMILES string of the molecule is Cc1cc2nn3c(cnc13)C1=CC(CC(N)=C1)C(=O)NCCCCCN2. The number of amides is 1. The molecule has 0 spiro atoms. The molecule has 1 amide bonds. The summed E-state index contributed by atoms with van der Waals surface area (Å²) in [5.74, 6) is 0.613. The van der Waals surface area contributed by atoms with Gasteiger partial charge in [-0.05, 0) is 43.9 Å². The van der Waals surface area contributed by atoms with Crippen molar-refractivity contribution in [3.8, 4) is 0 Å². The smallest absolute Gasteiger partial charge is 0.227 e. The van der Waals surface area contributed by atoms with Crippen molar-refractivity contribution in [3.63, 3.8) is 0 Å². The highest BCUT2D eigenvalue weighted by atomic mass is 16.1. The van der Waals surface area contributed by atoms with Gasteiger partial charge in [-0.15, -0.1) is 5.10 Å². The van der Waals surface area contributed by atoms with Crippen molar-refractivity contribution in [1.82, 2.24) is 19.9 Å². The second-order valence-electron chi connectivity index (χ2n) is 7.02. The minimum Gasteiger partial charge on any atom is -0.402 e. The predicted octanol–water partition coefficient (Wildman–Crippen LogP) is 2.00. The molecule has 0 aromatic carbocycles. The number of carbonyl (C=O) groups is 1. The Bertz CT molecular complexity index is 910. The number of imidazole rings is 1. The van der Waals surface area contributed by atoms with E-state index in [0.29, 0.717) is 18.7 Å². The van der Waals surface area contributed by atoms with Crippen molar-refractivity contribution in [2.45, 2.75) is 32.6 Å². The Labute approximate surface area is 152 Å². The molecule has 2 aliphatic rings. The number of nitrogens with zero attached hydrogens (tertiary/aromatic N) is 3. The van der Waals surface area contributed by atoms with Gasteiger partial charge < -0.3 is 16.4 Å². The topological polar surface area (TPSA) is 97.3 Å². The molecule has 3 heterocycles. The first-order valence-electron chi connectivity index (χ1n) is 9.17.